The zero-order valence-corrected chi connectivity index (χ0v) is 11.7. The third-order valence-electron chi connectivity index (χ3n) is 3.56. The van der Waals surface area contributed by atoms with Crippen LogP contribution in [0.2, 0.25) is 0 Å². The van der Waals surface area contributed by atoms with E-state index in [1.54, 1.807) is 0 Å². The quantitative estimate of drug-likeness (QED) is 0.852. The van der Waals surface area contributed by atoms with Gasteiger partial charge in [0.1, 0.15) is 0 Å². The van der Waals surface area contributed by atoms with Crippen LogP contribution in [0.4, 0.5) is 0 Å². The number of aryl methyl sites for hydroxylation is 1. The van der Waals surface area contributed by atoms with Crippen molar-refractivity contribution in [1.29, 1.82) is 0 Å². The van der Waals surface area contributed by atoms with Crippen LogP contribution in [-0.4, -0.2) is 18.1 Å². The number of benzene rings is 1. The first-order valence-corrected chi connectivity index (χ1v) is 7.82. The van der Waals surface area contributed by atoms with Gasteiger partial charge in [0.25, 0.3) is 0 Å². The zero-order valence-electron chi connectivity index (χ0n) is 10.9. The summed E-state index contributed by atoms with van der Waals surface area (Å²) in [5, 5.41) is 3.73. The molecule has 17 heavy (non-hydrogen) atoms. The van der Waals surface area contributed by atoms with E-state index >= 15 is 0 Å². The SMILES string of the molecule is CCC(NCC1CCSC1)c1ccc(C)cc1. The van der Waals surface area contributed by atoms with Crippen molar-refractivity contribution < 1.29 is 0 Å². The Morgan fingerprint density at radius 3 is 2.71 bits per heavy atom. The molecule has 0 aliphatic carbocycles. The fourth-order valence-electron chi connectivity index (χ4n) is 2.35. The number of nitrogens with one attached hydrogen (secondary N) is 1. The smallest absolute Gasteiger partial charge is 0.0317 e. The van der Waals surface area contributed by atoms with Crippen molar-refractivity contribution in [3.05, 3.63) is 35.4 Å². The molecule has 1 saturated heterocycles. The molecule has 0 radical (unpaired) electrons. The van der Waals surface area contributed by atoms with Gasteiger partial charge in [-0.1, -0.05) is 36.8 Å². The molecule has 2 heteroatoms. The lowest BCUT2D eigenvalue weighted by molar-refractivity contribution is 0.451. The second-order valence-corrected chi connectivity index (χ2v) is 6.16. The molecule has 94 valence electrons. The van der Waals surface area contributed by atoms with Crippen LogP contribution >= 0.6 is 11.8 Å². The number of hydrogen-bond acceptors (Lipinski definition) is 2. The predicted molar refractivity (Wildman–Crippen MR) is 77.6 cm³/mol. The highest BCUT2D eigenvalue weighted by Gasteiger charge is 2.17. The lowest BCUT2D eigenvalue weighted by Crippen LogP contribution is -2.27. The van der Waals surface area contributed by atoms with Crippen LogP contribution in [0.5, 0.6) is 0 Å². The maximum atomic E-state index is 3.73. The van der Waals surface area contributed by atoms with Gasteiger partial charge in [-0.2, -0.15) is 11.8 Å². The minimum atomic E-state index is 0.529. The van der Waals surface area contributed by atoms with E-state index in [-0.39, 0.29) is 0 Å². The van der Waals surface area contributed by atoms with E-state index in [9.17, 15) is 0 Å². The normalized spacial score (nSPS) is 21.6. The van der Waals surface area contributed by atoms with E-state index in [1.165, 1.54) is 42.0 Å². The number of rotatable bonds is 5. The summed E-state index contributed by atoms with van der Waals surface area (Å²) in [6.45, 7) is 5.59. The molecule has 1 N–H and O–H groups in total. The first kappa shape index (κ1) is 13.0. The van der Waals surface area contributed by atoms with Crippen molar-refractivity contribution in [2.45, 2.75) is 32.7 Å². The first-order chi connectivity index (χ1) is 8.29. The summed E-state index contributed by atoms with van der Waals surface area (Å²) in [6, 6.07) is 9.48. The van der Waals surface area contributed by atoms with Crippen molar-refractivity contribution >= 4 is 11.8 Å². The van der Waals surface area contributed by atoms with E-state index in [2.05, 4.69) is 55.2 Å². The van der Waals surface area contributed by atoms with Gasteiger partial charge >= 0.3 is 0 Å². The molecule has 0 saturated carbocycles. The lowest BCUT2D eigenvalue weighted by Gasteiger charge is -2.20. The molecule has 2 atom stereocenters. The molecule has 1 heterocycles. The van der Waals surface area contributed by atoms with Crippen molar-refractivity contribution in [2.24, 2.45) is 5.92 Å². The van der Waals surface area contributed by atoms with Gasteiger partial charge in [-0.05, 0) is 49.3 Å². The fourth-order valence-corrected chi connectivity index (χ4v) is 3.63. The highest BCUT2D eigenvalue weighted by Crippen LogP contribution is 2.24. The highest BCUT2D eigenvalue weighted by atomic mass is 32.2. The second kappa shape index (κ2) is 6.46. The number of hydrogen-bond donors (Lipinski definition) is 1. The van der Waals surface area contributed by atoms with Gasteiger partial charge < -0.3 is 5.32 Å². The minimum Gasteiger partial charge on any atom is -0.310 e. The maximum absolute atomic E-state index is 3.73. The van der Waals surface area contributed by atoms with Crippen LogP contribution in [0.15, 0.2) is 24.3 Å². The molecule has 1 fully saturated rings. The molecular formula is C15H23NS. The Kier molecular flexibility index (Phi) is 4.93. The summed E-state index contributed by atoms with van der Waals surface area (Å²) >= 11 is 2.10. The van der Waals surface area contributed by atoms with Gasteiger partial charge in [-0.15, -0.1) is 0 Å². The van der Waals surface area contributed by atoms with E-state index in [0.717, 1.165) is 5.92 Å². The Balaban J connectivity index is 1.89. The third kappa shape index (κ3) is 3.75. The van der Waals surface area contributed by atoms with Crippen molar-refractivity contribution in [2.75, 3.05) is 18.1 Å². The second-order valence-electron chi connectivity index (χ2n) is 5.01. The monoisotopic (exact) mass is 249 g/mol. The Morgan fingerprint density at radius 2 is 2.12 bits per heavy atom. The summed E-state index contributed by atoms with van der Waals surface area (Å²) < 4.78 is 0. The molecule has 1 aromatic carbocycles. The topological polar surface area (TPSA) is 12.0 Å². The molecule has 0 aromatic heterocycles. The summed E-state index contributed by atoms with van der Waals surface area (Å²) in [5.41, 5.74) is 2.78. The van der Waals surface area contributed by atoms with Crippen molar-refractivity contribution in [1.82, 2.24) is 5.32 Å². The van der Waals surface area contributed by atoms with Crippen LogP contribution in [0.25, 0.3) is 0 Å². The van der Waals surface area contributed by atoms with Crippen molar-refractivity contribution in [3.8, 4) is 0 Å². The highest BCUT2D eigenvalue weighted by molar-refractivity contribution is 7.99. The Morgan fingerprint density at radius 1 is 1.35 bits per heavy atom. The average molecular weight is 249 g/mol. The summed E-state index contributed by atoms with van der Waals surface area (Å²) in [7, 11) is 0. The van der Waals surface area contributed by atoms with E-state index in [4.69, 9.17) is 0 Å². The van der Waals surface area contributed by atoms with Crippen LogP contribution in [0.1, 0.15) is 36.9 Å². The van der Waals surface area contributed by atoms with Gasteiger partial charge in [0.15, 0.2) is 0 Å². The summed E-state index contributed by atoms with van der Waals surface area (Å²) in [4.78, 5) is 0. The molecule has 0 spiro atoms. The maximum Gasteiger partial charge on any atom is 0.0317 e. The average Bonchev–Trinajstić information content (AvgIpc) is 2.85. The van der Waals surface area contributed by atoms with Gasteiger partial charge in [0, 0.05) is 6.04 Å². The molecule has 0 amide bonds. The molecule has 1 aliphatic heterocycles. The molecular weight excluding hydrogens is 226 g/mol. The summed E-state index contributed by atoms with van der Waals surface area (Å²) in [6.07, 6.45) is 2.56. The Labute approximate surface area is 109 Å². The summed E-state index contributed by atoms with van der Waals surface area (Å²) in [5.74, 6) is 3.59. The van der Waals surface area contributed by atoms with E-state index < -0.39 is 0 Å². The van der Waals surface area contributed by atoms with Gasteiger partial charge in [-0.3, -0.25) is 0 Å². The fraction of sp³-hybridized carbons (Fsp3) is 0.600. The van der Waals surface area contributed by atoms with Gasteiger partial charge in [0.2, 0.25) is 0 Å². The van der Waals surface area contributed by atoms with Gasteiger partial charge in [0.05, 0.1) is 0 Å². The predicted octanol–water partition coefficient (Wildman–Crippen LogP) is 3.79. The largest absolute Gasteiger partial charge is 0.310 e. The Hall–Kier alpha value is -0.470. The molecule has 0 bridgehead atoms. The Bertz CT molecular complexity index is 327. The molecule has 2 rings (SSSR count). The van der Waals surface area contributed by atoms with Crippen molar-refractivity contribution in [3.63, 3.8) is 0 Å². The van der Waals surface area contributed by atoms with Gasteiger partial charge in [-0.25, -0.2) is 0 Å². The molecule has 1 aliphatic rings. The third-order valence-corrected chi connectivity index (χ3v) is 4.80. The molecule has 1 nitrogen and oxygen atoms in total. The first-order valence-electron chi connectivity index (χ1n) is 6.67. The molecule has 2 unspecified atom stereocenters. The van der Waals surface area contributed by atoms with E-state index in [0.29, 0.717) is 6.04 Å². The zero-order chi connectivity index (χ0) is 12.1. The van der Waals surface area contributed by atoms with Crippen LogP contribution < -0.4 is 5.32 Å². The van der Waals surface area contributed by atoms with Crippen LogP contribution in [0, 0.1) is 12.8 Å². The standard InChI is InChI=1S/C15H23NS/c1-3-15(14-6-4-12(2)5-7-14)16-10-13-8-9-17-11-13/h4-7,13,15-16H,3,8-11H2,1-2H3. The van der Waals surface area contributed by atoms with E-state index in [1.807, 2.05) is 0 Å². The van der Waals surface area contributed by atoms with Crippen LogP contribution in [-0.2, 0) is 0 Å². The minimum absolute atomic E-state index is 0.529. The molecule has 1 aromatic rings. The number of thioether (sulfide) groups is 1. The lowest BCUT2D eigenvalue weighted by atomic mass is 10.0. The van der Waals surface area contributed by atoms with Crippen LogP contribution in [0.3, 0.4) is 0 Å².